The Labute approximate surface area is 117 Å². The van der Waals surface area contributed by atoms with Crippen LogP contribution in [0.3, 0.4) is 0 Å². The SMILES string of the molecule is CN1CC(c2c(Br)c(Cl)nn2C)C(C(=O)O)C1=O. The molecule has 1 N–H and O–H groups in total. The van der Waals surface area contributed by atoms with Gasteiger partial charge in [-0.15, -0.1) is 0 Å². The molecule has 98 valence electrons. The molecule has 1 fully saturated rings. The van der Waals surface area contributed by atoms with E-state index >= 15 is 0 Å². The molecule has 0 spiro atoms. The minimum absolute atomic E-state index is 0.263. The van der Waals surface area contributed by atoms with Crippen LogP contribution in [0.2, 0.25) is 5.15 Å². The van der Waals surface area contributed by atoms with Crippen LogP contribution < -0.4 is 0 Å². The quantitative estimate of drug-likeness (QED) is 0.821. The number of carboxylic acid groups (broad SMARTS) is 1. The summed E-state index contributed by atoms with van der Waals surface area (Å²) < 4.78 is 2.06. The van der Waals surface area contributed by atoms with Crippen LogP contribution >= 0.6 is 27.5 Å². The Hall–Kier alpha value is -1.08. The molecule has 1 aromatic rings. The lowest BCUT2D eigenvalue weighted by Crippen LogP contribution is -2.28. The molecule has 1 aromatic heterocycles. The van der Waals surface area contributed by atoms with E-state index in [4.69, 9.17) is 11.6 Å². The van der Waals surface area contributed by atoms with Crippen LogP contribution in [0.5, 0.6) is 0 Å². The summed E-state index contributed by atoms with van der Waals surface area (Å²) in [5, 5.41) is 13.5. The Balaban J connectivity index is 2.49. The van der Waals surface area contributed by atoms with Gasteiger partial charge in [-0.05, 0) is 15.9 Å². The third kappa shape index (κ3) is 1.91. The van der Waals surface area contributed by atoms with E-state index in [0.29, 0.717) is 16.7 Å². The molecule has 2 unspecified atom stereocenters. The molecule has 0 radical (unpaired) electrons. The number of aliphatic carboxylic acids is 1. The Morgan fingerprint density at radius 1 is 1.56 bits per heavy atom. The number of carboxylic acids is 1. The first-order valence-corrected chi connectivity index (χ1v) is 6.37. The highest BCUT2D eigenvalue weighted by molar-refractivity contribution is 9.10. The monoisotopic (exact) mass is 335 g/mol. The highest BCUT2D eigenvalue weighted by atomic mass is 79.9. The largest absolute Gasteiger partial charge is 0.481 e. The number of carbonyl (C=O) groups is 2. The number of carbonyl (C=O) groups excluding carboxylic acids is 1. The van der Waals surface area contributed by atoms with Crippen molar-refractivity contribution in [3.8, 4) is 0 Å². The molecule has 2 rings (SSSR count). The van der Waals surface area contributed by atoms with Crippen molar-refractivity contribution in [1.29, 1.82) is 0 Å². The van der Waals surface area contributed by atoms with Gasteiger partial charge < -0.3 is 10.0 Å². The number of likely N-dealkylation sites (tertiary alicyclic amines) is 1. The summed E-state index contributed by atoms with van der Waals surface area (Å²) in [4.78, 5) is 24.5. The molecular weight excluding hydrogens is 325 g/mol. The summed E-state index contributed by atoms with van der Waals surface area (Å²) in [6.45, 7) is 0.338. The molecule has 6 nitrogen and oxygen atoms in total. The van der Waals surface area contributed by atoms with Gasteiger partial charge in [0.2, 0.25) is 5.91 Å². The topological polar surface area (TPSA) is 75.4 Å². The first-order valence-electron chi connectivity index (χ1n) is 5.20. The van der Waals surface area contributed by atoms with Crippen molar-refractivity contribution in [1.82, 2.24) is 14.7 Å². The van der Waals surface area contributed by atoms with Crippen LogP contribution in [0.25, 0.3) is 0 Å². The lowest BCUT2D eigenvalue weighted by atomic mass is 9.92. The maximum absolute atomic E-state index is 11.8. The number of amides is 1. The van der Waals surface area contributed by atoms with E-state index < -0.39 is 23.7 Å². The fourth-order valence-corrected chi connectivity index (χ4v) is 3.14. The molecule has 0 bridgehead atoms. The summed E-state index contributed by atoms with van der Waals surface area (Å²) in [5.41, 5.74) is 0.630. The number of hydrogen-bond acceptors (Lipinski definition) is 3. The van der Waals surface area contributed by atoms with E-state index in [0.717, 1.165) is 0 Å². The van der Waals surface area contributed by atoms with E-state index in [1.54, 1.807) is 14.1 Å². The highest BCUT2D eigenvalue weighted by Crippen LogP contribution is 2.39. The maximum Gasteiger partial charge on any atom is 0.316 e. The third-order valence-corrected chi connectivity index (χ3v) is 4.40. The molecular formula is C10H11BrClN3O3. The molecule has 18 heavy (non-hydrogen) atoms. The fraction of sp³-hybridized carbons (Fsp3) is 0.500. The number of likely N-dealkylation sites (N-methyl/N-ethyl adjacent to an activating group) is 1. The van der Waals surface area contributed by atoms with E-state index in [9.17, 15) is 14.7 Å². The van der Waals surface area contributed by atoms with Crippen LogP contribution in [0.4, 0.5) is 0 Å². The molecule has 1 aliphatic heterocycles. The van der Waals surface area contributed by atoms with Crippen molar-refractivity contribution in [2.45, 2.75) is 5.92 Å². The van der Waals surface area contributed by atoms with Crippen molar-refractivity contribution in [2.75, 3.05) is 13.6 Å². The van der Waals surface area contributed by atoms with Gasteiger partial charge >= 0.3 is 5.97 Å². The van der Waals surface area contributed by atoms with Gasteiger partial charge in [0.15, 0.2) is 5.15 Å². The minimum atomic E-state index is -1.13. The normalized spacial score (nSPS) is 23.8. The Bertz CT molecular complexity index is 531. The van der Waals surface area contributed by atoms with Crippen molar-refractivity contribution in [3.63, 3.8) is 0 Å². The van der Waals surface area contributed by atoms with Crippen molar-refractivity contribution >= 4 is 39.4 Å². The summed E-state index contributed by atoms with van der Waals surface area (Å²) in [6.07, 6.45) is 0. The molecule has 2 heterocycles. The lowest BCUT2D eigenvalue weighted by Gasteiger charge is -2.14. The first-order chi connectivity index (χ1) is 8.34. The van der Waals surface area contributed by atoms with Gasteiger partial charge in [0.05, 0.1) is 10.2 Å². The molecule has 2 atom stereocenters. The zero-order valence-corrected chi connectivity index (χ0v) is 12.1. The minimum Gasteiger partial charge on any atom is -0.481 e. The number of hydrogen-bond donors (Lipinski definition) is 1. The smallest absolute Gasteiger partial charge is 0.316 e. The van der Waals surface area contributed by atoms with Crippen LogP contribution in [0, 0.1) is 5.92 Å². The average molecular weight is 337 g/mol. The standard InChI is InChI=1S/C10H11BrClN3O3/c1-14-3-4(5(9(14)16)10(17)18)7-6(11)8(12)13-15(7)2/h4-5H,3H2,1-2H3,(H,17,18). The van der Waals surface area contributed by atoms with Crippen LogP contribution in [-0.2, 0) is 16.6 Å². The van der Waals surface area contributed by atoms with Gasteiger partial charge in [0.1, 0.15) is 5.92 Å². The lowest BCUT2D eigenvalue weighted by molar-refractivity contribution is -0.147. The van der Waals surface area contributed by atoms with Crippen LogP contribution in [0.1, 0.15) is 11.6 Å². The van der Waals surface area contributed by atoms with Gasteiger partial charge in [-0.1, -0.05) is 11.6 Å². The highest BCUT2D eigenvalue weighted by Gasteiger charge is 2.46. The number of nitrogens with zero attached hydrogens (tertiary/aromatic N) is 3. The van der Waals surface area contributed by atoms with E-state index in [1.165, 1.54) is 9.58 Å². The molecule has 0 aliphatic carbocycles. The van der Waals surface area contributed by atoms with E-state index in [2.05, 4.69) is 21.0 Å². The third-order valence-electron chi connectivity index (χ3n) is 3.12. The van der Waals surface area contributed by atoms with Gasteiger partial charge in [-0.25, -0.2) is 0 Å². The molecule has 1 amide bonds. The van der Waals surface area contributed by atoms with E-state index in [-0.39, 0.29) is 5.15 Å². The zero-order chi connectivity index (χ0) is 13.6. The zero-order valence-electron chi connectivity index (χ0n) is 9.72. The average Bonchev–Trinajstić information content (AvgIpc) is 2.67. The summed E-state index contributed by atoms with van der Waals surface area (Å²) in [6, 6.07) is 0. The van der Waals surface area contributed by atoms with Crippen LogP contribution in [-0.4, -0.2) is 45.3 Å². The summed E-state index contributed by atoms with van der Waals surface area (Å²) in [5.74, 6) is -3.06. The predicted molar refractivity (Wildman–Crippen MR) is 67.4 cm³/mol. The molecule has 1 saturated heterocycles. The molecule has 8 heteroatoms. The van der Waals surface area contributed by atoms with Crippen LogP contribution in [0.15, 0.2) is 4.47 Å². The van der Waals surface area contributed by atoms with Crippen molar-refractivity contribution in [3.05, 3.63) is 15.3 Å². The summed E-state index contributed by atoms with van der Waals surface area (Å²) in [7, 11) is 3.26. The Kier molecular flexibility index (Phi) is 3.37. The van der Waals surface area contributed by atoms with E-state index in [1.807, 2.05) is 0 Å². The fourth-order valence-electron chi connectivity index (χ4n) is 2.30. The number of aromatic nitrogens is 2. The van der Waals surface area contributed by atoms with Crippen molar-refractivity contribution in [2.24, 2.45) is 13.0 Å². The Morgan fingerprint density at radius 2 is 2.17 bits per heavy atom. The maximum atomic E-state index is 11.8. The second-order valence-corrected chi connectivity index (χ2v) is 5.41. The van der Waals surface area contributed by atoms with Gasteiger partial charge in [0.25, 0.3) is 0 Å². The predicted octanol–water partition coefficient (Wildman–Crippen LogP) is 1.09. The second kappa shape index (κ2) is 4.55. The number of halogens is 2. The molecule has 0 saturated carbocycles. The van der Waals surface area contributed by atoms with Gasteiger partial charge in [0, 0.05) is 26.6 Å². The van der Waals surface area contributed by atoms with Gasteiger partial charge in [-0.3, -0.25) is 14.3 Å². The summed E-state index contributed by atoms with van der Waals surface area (Å²) >= 11 is 9.18. The molecule has 0 aromatic carbocycles. The number of aryl methyl sites for hydroxylation is 1. The van der Waals surface area contributed by atoms with Crippen molar-refractivity contribution < 1.29 is 14.7 Å². The van der Waals surface area contributed by atoms with Gasteiger partial charge in [-0.2, -0.15) is 5.10 Å². The molecule has 1 aliphatic rings. The number of rotatable bonds is 2. The Morgan fingerprint density at radius 3 is 2.61 bits per heavy atom. The second-order valence-electron chi connectivity index (χ2n) is 4.25. The first kappa shape index (κ1) is 13.4.